The molecule has 0 amide bonds. The zero-order valence-corrected chi connectivity index (χ0v) is 8.69. The number of carbonyl (C=O) groups excluding carboxylic acids is 1. The summed E-state index contributed by atoms with van der Waals surface area (Å²) >= 11 is 5.13. The second-order valence-electron chi connectivity index (χ2n) is 2.94. The predicted octanol–water partition coefficient (Wildman–Crippen LogP) is 2.68. The summed E-state index contributed by atoms with van der Waals surface area (Å²) in [7, 11) is 0. The van der Waals surface area contributed by atoms with E-state index in [4.69, 9.17) is 11.6 Å². The Kier molecular flexibility index (Phi) is 3.57. The molecule has 0 spiro atoms. The van der Waals surface area contributed by atoms with E-state index in [1.165, 1.54) is 24.3 Å². The van der Waals surface area contributed by atoms with Crippen LogP contribution in [-0.4, -0.2) is 10.2 Å². The number of halogens is 1. The average molecular weight is 226 g/mol. The molecule has 1 aromatic rings. The van der Waals surface area contributed by atoms with Gasteiger partial charge < -0.3 is 0 Å². The third-order valence-corrected chi connectivity index (χ3v) is 1.98. The molecule has 1 rings (SSSR count). The number of hydrogen-bond donors (Lipinski definition) is 0. The zero-order chi connectivity index (χ0) is 11.4. The average Bonchev–Trinajstić information content (AvgIpc) is 2.15. The summed E-state index contributed by atoms with van der Waals surface area (Å²) in [6.07, 6.45) is 2.73. The Hall–Kier alpha value is -1.68. The van der Waals surface area contributed by atoms with Gasteiger partial charge in [-0.2, -0.15) is 0 Å². The van der Waals surface area contributed by atoms with Gasteiger partial charge in [0.15, 0.2) is 0 Å². The quantitative estimate of drug-likeness (QED) is 0.344. The molecule has 0 radical (unpaired) electrons. The molecule has 0 N–H and O–H groups in total. The fourth-order valence-electron chi connectivity index (χ4n) is 1.12. The lowest BCUT2D eigenvalue weighted by Gasteiger charge is -1.99. The first-order valence-corrected chi connectivity index (χ1v) is 4.51. The molecule has 0 aromatic heterocycles. The number of nitro benzene ring substituents is 1. The Morgan fingerprint density at radius 2 is 2.20 bits per heavy atom. The van der Waals surface area contributed by atoms with Crippen LogP contribution in [0.15, 0.2) is 24.3 Å². The normalized spacial score (nSPS) is 10.5. The standard InChI is InChI=1S/C10H8ClNO3/c1-7-6-9(12(14)15)4-2-8(7)3-5-10(11)13/h2-6H,1H3. The van der Waals surface area contributed by atoms with E-state index in [0.29, 0.717) is 0 Å². The number of carbonyl (C=O) groups is 1. The number of benzene rings is 1. The number of hydrogen-bond acceptors (Lipinski definition) is 3. The monoisotopic (exact) mass is 225 g/mol. The van der Waals surface area contributed by atoms with E-state index in [0.717, 1.165) is 11.1 Å². The van der Waals surface area contributed by atoms with E-state index in [1.54, 1.807) is 13.0 Å². The van der Waals surface area contributed by atoms with E-state index in [-0.39, 0.29) is 5.69 Å². The Labute approximate surface area is 91.3 Å². The maximum atomic E-state index is 10.5. The summed E-state index contributed by atoms with van der Waals surface area (Å²) in [4.78, 5) is 20.5. The van der Waals surface area contributed by atoms with Crippen LogP contribution in [0.1, 0.15) is 11.1 Å². The van der Waals surface area contributed by atoms with Crippen LogP contribution >= 0.6 is 11.6 Å². The highest BCUT2D eigenvalue weighted by molar-refractivity contribution is 6.66. The first kappa shape index (κ1) is 11.4. The molecule has 0 saturated heterocycles. The third kappa shape index (κ3) is 3.18. The fraction of sp³-hybridized carbons (Fsp3) is 0.100. The number of non-ortho nitro benzene ring substituents is 1. The molecule has 0 atom stereocenters. The minimum absolute atomic E-state index is 0.0295. The van der Waals surface area contributed by atoms with E-state index in [2.05, 4.69) is 0 Å². The number of nitro groups is 1. The summed E-state index contributed by atoms with van der Waals surface area (Å²) < 4.78 is 0. The van der Waals surface area contributed by atoms with Gasteiger partial charge in [0.05, 0.1) is 4.92 Å². The molecule has 78 valence electrons. The Morgan fingerprint density at radius 3 is 2.67 bits per heavy atom. The van der Waals surface area contributed by atoms with Crippen molar-refractivity contribution in [2.75, 3.05) is 0 Å². The van der Waals surface area contributed by atoms with Crippen LogP contribution in [0.25, 0.3) is 6.08 Å². The first-order chi connectivity index (χ1) is 7.00. The molecule has 1 aromatic carbocycles. The van der Waals surface area contributed by atoms with Gasteiger partial charge in [-0.25, -0.2) is 0 Å². The first-order valence-electron chi connectivity index (χ1n) is 4.13. The molecule has 15 heavy (non-hydrogen) atoms. The molecule has 0 aliphatic rings. The third-order valence-electron chi connectivity index (χ3n) is 1.86. The summed E-state index contributed by atoms with van der Waals surface area (Å²) in [5, 5.41) is 9.87. The van der Waals surface area contributed by atoms with Crippen molar-refractivity contribution < 1.29 is 9.72 Å². The van der Waals surface area contributed by atoms with Crippen LogP contribution in [0.4, 0.5) is 5.69 Å². The summed E-state index contributed by atoms with van der Waals surface area (Å²) in [6.45, 7) is 1.73. The van der Waals surface area contributed by atoms with E-state index in [1.807, 2.05) is 0 Å². The van der Waals surface area contributed by atoms with Crippen LogP contribution in [-0.2, 0) is 4.79 Å². The van der Waals surface area contributed by atoms with Gasteiger partial charge in [0.2, 0.25) is 5.24 Å². The van der Waals surface area contributed by atoms with E-state index >= 15 is 0 Å². The second kappa shape index (κ2) is 4.70. The summed E-state index contributed by atoms with van der Waals surface area (Å²) in [5.74, 6) is 0. The van der Waals surface area contributed by atoms with Crippen molar-refractivity contribution in [3.05, 3.63) is 45.5 Å². The number of aryl methyl sites for hydroxylation is 1. The van der Waals surface area contributed by atoms with E-state index < -0.39 is 10.2 Å². The Bertz CT molecular complexity index is 440. The van der Waals surface area contributed by atoms with Gasteiger partial charge in [-0.05, 0) is 47.9 Å². The smallest absolute Gasteiger partial charge is 0.269 e. The maximum Gasteiger partial charge on any atom is 0.269 e. The van der Waals surface area contributed by atoms with Crippen LogP contribution < -0.4 is 0 Å². The SMILES string of the molecule is Cc1cc([N+](=O)[O-])ccc1C=CC(=O)Cl. The molecule has 5 heteroatoms. The van der Waals surface area contributed by atoms with Gasteiger partial charge >= 0.3 is 0 Å². The van der Waals surface area contributed by atoms with Gasteiger partial charge in [0.1, 0.15) is 0 Å². The molecule has 0 unspecified atom stereocenters. The lowest BCUT2D eigenvalue weighted by molar-refractivity contribution is -0.384. The van der Waals surface area contributed by atoms with E-state index in [9.17, 15) is 14.9 Å². The Balaban J connectivity index is 3.03. The van der Waals surface area contributed by atoms with Crippen molar-refractivity contribution in [3.8, 4) is 0 Å². The lowest BCUT2D eigenvalue weighted by Crippen LogP contribution is -1.90. The predicted molar refractivity (Wildman–Crippen MR) is 57.7 cm³/mol. The summed E-state index contributed by atoms with van der Waals surface area (Å²) in [6, 6.07) is 4.40. The Morgan fingerprint density at radius 1 is 1.53 bits per heavy atom. The van der Waals surface area contributed by atoms with Crippen LogP contribution in [0.2, 0.25) is 0 Å². The molecule has 0 fully saturated rings. The second-order valence-corrected chi connectivity index (χ2v) is 3.31. The van der Waals surface area contributed by atoms with Crippen LogP contribution in [0, 0.1) is 17.0 Å². The molecular formula is C10H8ClNO3. The molecule has 0 heterocycles. The molecular weight excluding hydrogens is 218 g/mol. The van der Waals surface area contributed by atoms with Gasteiger partial charge in [-0.15, -0.1) is 0 Å². The largest absolute Gasteiger partial charge is 0.276 e. The molecule has 4 nitrogen and oxygen atoms in total. The maximum absolute atomic E-state index is 10.5. The molecule has 0 bridgehead atoms. The highest BCUT2D eigenvalue weighted by Gasteiger charge is 2.06. The lowest BCUT2D eigenvalue weighted by atomic mass is 10.1. The fourth-order valence-corrected chi connectivity index (χ4v) is 1.18. The van der Waals surface area contributed by atoms with Crippen molar-refractivity contribution in [1.82, 2.24) is 0 Å². The van der Waals surface area contributed by atoms with Crippen molar-refractivity contribution >= 4 is 28.6 Å². The highest BCUT2D eigenvalue weighted by atomic mass is 35.5. The van der Waals surface area contributed by atoms with Crippen molar-refractivity contribution in [2.45, 2.75) is 6.92 Å². The van der Waals surface area contributed by atoms with Gasteiger partial charge in [-0.1, -0.05) is 0 Å². The highest BCUT2D eigenvalue weighted by Crippen LogP contribution is 2.18. The number of nitrogens with zero attached hydrogens (tertiary/aromatic N) is 1. The minimum Gasteiger partial charge on any atom is -0.276 e. The van der Waals surface area contributed by atoms with Crippen LogP contribution in [0.5, 0.6) is 0 Å². The number of allylic oxidation sites excluding steroid dienone is 1. The van der Waals surface area contributed by atoms with Crippen molar-refractivity contribution in [2.24, 2.45) is 0 Å². The van der Waals surface area contributed by atoms with Gasteiger partial charge in [0.25, 0.3) is 5.69 Å². The minimum atomic E-state index is -0.576. The zero-order valence-electron chi connectivity index (χ0n) is 7.94. The van der Waals surface area contributed by atoms with Crippen LogP contribution in [0.3, 0.4) is 0 Å². The van der Waals surface area contributed by atoms with Gasteiger partial charge in [-0.3, -0.25) is 14.9 Å². The number of rotatable bonds is 3. The van der Waals surface area contributed by atoms with Crippen molar-refractivity contribution in [1.29, 1.82) is 0 Å². The molecule has 0 saturated carbocycles. The van der Waals surface area contributed by atoms with Crippen molar-refractivity contribution in [3.63, 3.8) is 0 Å². The molecule has 0 aliphatic carbocycles. The molecule has 0 aliphatic heterocycles. The topological polar surface area (TPSA) is 60.2 Å². The van der Waals surface area contributed by atoms with Gasteiger partial charge in [0, 0.05) is 12.1 Å². The summed E-state index contributed by atoms with van der Waals surface area (Å²) in [5.41, 5.74) is 1.48.